The Balaban J connectivity index is 1.53. The van der Waals surface area contributed by atoms with Gasteiger partial charge in [0, 0.05) is 30.9 Å². The van der Waals surface area contributed by atoms with Gasteiger partial charge in [0.2, 0.25) is 0 Å². The molecule has 5 nitrogen and oxygen atoms in total. The predicted molar refractivity (Wildman–Crippen MR) is 101 cm³/mol. The summed E-state index contributed by atoms with van der Waals surface area (Å²) in [7, 11) is 0. The summed E-state index contributed by atoms with van der Waals surface area (Å²) in [5.74, 6) is 0.368. The number of likely N-dealkylation sites (tertiary alicyclic amines) is 1. The highest BCUT2D eigenvalue weighted by Gasteiger charge is 2.25. The summed E-state index contributed by atoms with van der Waals surface area (Å²) in [5.41, 5.74) is 2.39. The Labute approximate surface area is 154 Å². The summed E-state index contributed by atoms with van der Waals surface area (Å²) < 4.78 is 0. The number of rotatable bonds is 4. The largest absolute Gasteiger partial charge is 0.348 e. The lowest BCUT2D eigenvalue weighted by atomic mass is 10.0. The van der Waals surface area contributed by atoms with Gasteiger partial charge in [-0.05, 0) is 48.6 Å². The second-order valence-electron chi connectivity index (χ2n) is 7.03. The lowest BCUT2D eigenvalue weighted by Crippen LogP contribution is -2.46. The number of pyridine rings is 1. The van der Waals surface area contributed by atoms with Crippen molar-refractivity contribution < 1.29 is 9.59 Å². The number of aromatic nitrogens is 1. The SMILES string of the molecule is CC(C)c1ccc(C(=O)N2CCC(NC(=O)c3ccccn3)CC2)cc1. The molecule has 0 saturated carbocycles. The van der Waals surface area contributed by atoms with Crippen molar-refractivity contribution in [3.05, 3.63) is 65.5 Å². The van der Waals surface area contributed by atoms with E-state index in [9.17, 15) is 9.59 Å². The molecule has 0 radical (unpaired) electrons. The molecule has 1 aliphatic rings. The minimum absolute atomic E-state index is 0.0646. The first-order valence-electron chi connectivity index (χ1n) is 9.15. The van der Waals surface area contributed by atoms with E-state index in [1.54, 1.807) is 24.4 Å². The van der Waals surface area contributed by atoms with Crippen molar-refractivity contribution in [1.82, 2.24) is 15.2 Å². The summed E-state index contributed by atoms with van der Waals surface area (Å²) in [6, 6.07) is 13.2. The van der Waals surface area contributed by atoms with Crippen molar-refractivity contribution in [3.8, 4) is 0 Å². The van der Waals surface area contributed by atoms with Crippen LogP contribution in [0.5, 0.6) is 0 Å². The monoisotopic (exact) mass is 351 g/mol. The Bertz CT molecular complexity index is 749. The van der Waals surface area contributed by atoms with E-state index >= 15 is 0 Å². The van der Waals surface area contributed by atoms with E-state index in [1.807, 2.05) is 29.2 Å². The van der Waals surface area contributed by atoms with E-state index in [-0.39, 0.29) is 17.9 Å². The zero-order chi connectivity index (χ0) is 18.5. The number of amides is 2. The standard InChI is InChI=1S/C21H25N3O2/c1-15(2)16-6-8-17(9-7-16)21(26)24-13-10-18(11-14-24)23-20(25)19-5-3-4-12-22-19/h3-9,12,15,18H,10-11,13-14H2,1-2H3,(H,23,25). The number of carbonyl (C=O) groups is 2. The van der Waals surface area contributed by atoms with Gasteiger partial charge in [-0.3, -0.25) is 14.6 Å². The first kappa shape index (κ1) is 18.1. The molecule has 0 aliphatic carbocycles. The molecule has 1 aliphatic heterocycles. The third-order valence-electron chi connectivity index (χ3n) is 4.84. The van der Waals surface area contributed by atoms with Gasteiger partial charge in [-0.15, -0.1) is 0 Å². The normalized spacial score (nSPS) is 15.1. The van der Waals surface area contributed by atoms with Gasteiger partial charge in [0.25, 0.3) is 11.8 Å². The van der Waals surface area contributed by atoms with Crippen LogP contribution in [-0.4, -0.2) is 40.8 Å². The van der Waals surface area contributed by atoms with Gasteiger partial charge in [-0.1, -0.05) is 32.0 Å². The van der Waals surface area contributed by atoms with Gasteiger partial charge in [-0.2, -0.15) is 0 Å². The molecule has 0 atom stereocenters. The first-order valence-corrected chi connectivity index (χ1v) is 9.15. The van der Waals surface area contributed by atoms with Gasteiger partial charge in [0.15, 0.2) is 0 Å². The van der Waals surface area contributed by atoms with Crippen LogP contribution in [0.3, 0.4) is 0 Å². The van der Waals surface area contributed by atoms with E-state index < -0.39 is 0 Å². The van der Waals surface area contributed by atoms with E-state index in [0.29, 0.717) is 24.7 Å². The molecule has 2 aromatic rings. The van der Waals surface area contributed by atoms with E-state index in [0.717, 1.165) is 18.4 Å². The molecule has 0 spiro atoms. The third-order valence-corrected chi connectivity index (χ3v) is 4.84. The van der Waals surface area contributed by atoms with Crippen LogP contribution in [0.25, 0.3) is 0 Å². The summed E-state index contributed by atoms with van der Waals surface area (Å²) in [4.78, 5) is 30.8. The number of nitrogens with zero attached hydrogens (tertiary/aromatic N) is 2. The fourth-order valence-corrected chi connectivity index (χ4v) is 3.18. The molecule has 0 bridgehead atoms. The smallest absolute Gasteiger partial charge is 0.270 e. The summed E-state index contributed by atoms with van der Waals surface area (Å²) in [6.07, 6.45) is 3.13. The Morgan fingerprint density at radius 2 is 1.77 bits per heavy atom. The van der Waals surface area contributed by atoms with Crippen LogP contribution >= 0.6 is 0 Å². The highest BCUT2D eigenvalue weighted by atomic mass is 16.2. The first-order chi connectivity index (χ1) is 12.5. The van der Waals surface area contributed by atoms with Crippen molar-refractivity contribution in [1.29, 1.82) is 0 Å². The summed E-state index contributed by atoms with van der Waals surface area (Å²) >= 11 is 0. The average molecular weight is 351 g/mol. The third kappa shape index (κ3) is 4.28. The lowest BCUT2D eigenvalue weighted by molar-refractivity contribution is 0.0697. The van der Waals surface area contributed by atoms with E-state index in [1.165, 1.54) is 5.56 Å². The van der Waals surface area contributed by atoms with Gasteiger partial charge >= 0.3 is 0 Å². The Kier molecular flexibility index (Phi) is 5.66. The molecule has 0 unspecified atom stereocenters. The average Bonchev–Trinajstić information content (AvgIpc) is 2.69. The Morgan fingerprint density at radius 1 is 1.08 bits per heavy atom. The van der Waals surface area contributed by atoms with E-state index in [2.05, 4.69) is 24.1 Å². The maximum Gasteiger partial charge on any atom is 0.270 e. The molecule has 136 valence electrons. The molecule has 1 fully saturated rings. The molecule has 2 amide bonds. The van der Waals surface area contributed by atoms with Crippen LogP contribution in [0.15, 0.2) is 48.7 Å². The van der Waals surface area contributed by atoms with Gasteiger partial charge in [0.05, 0.1) is 0 Å². The number of piperidine rings is 1. The van der Waals surface area contributed by atoms with Gasteiger partial charge in [0.1, 0.15) is 5.69 Å². The minimum Gasteiger partial charge on any atom is -0.348 e. The van der Waals surface area contributed by atoms with Crippen molar-refractivity contribution in [2.45, 2.75) is 38.6 Å². The quantitative estimate of drug-likeness (QED) is 0.920. The van der Waals surface area contributed by atoms with Crippen LogP contribution in [0.4, 0.5) is 0 Å². The van der Waals surface area contributed by atoms with Crippen LogP contribution in [0.1, 0.15) is 59.0 Å². The molecule has 1 aromatic heterocycles. The summed E-state index contributed by atoms with van der Waals surface area (Å²) in [6.45, 7) is 5.58. The topological polar surface area (TPSA) is 62.3 Å². The molecule has 1 N–H and O–H groups in total. The zero-order valence-corrected chi connectivity index (χ0v) is 15.3. The molecular weight excluding hydrogens is 326 g/mol. The number of carbonyl (C=O) groups excluding carboxylic acids is 2. The second-order valence-corrected chi connectivity index (χ2v) is 7.03. The van der Waals surface area contributed by atoms with Crippen LogP contribution in [0, 0.1) is 0 Å². The van der Waals surface area contributed by atoms with Crippen LogP contribution < -0.4 is 5.32 Å². The van der Waals surface area contributed by atoms with Crippen LogP contribution in [0.2, 0.25) is 0 Å². The highest BCUT2D eigenvalue weighted by Crippen LogP contribution is 2.18. The number of hydrogen-bond donors (Lipinski definition) is 1. The van der Waals surface area contributed by atoms with Crippen LogP contribution in [-0.2, 0) is 0 Å². The van der Waals surface area contributed by atoms with Crippen molar-refractivity contribution in [3.63, 3.8) is 0 Å². The minimum atomic E-state index is -0.153. The molecule has 1 saturated heterocycles. The summed E-state index contributed by atoms with van der Waals surface area (Å²) in [5, 5.41) is 3.01. The van der Waals surface area contributed by atoms with Crippen molar-refractivity contribution in [2.24, 2.45) is 0 Å². The number of nitrogens with one attached hydrogen (secondary N) is 1. The maximum atomic E-state index is 12.7. The molecule has 26 heavy (non-hydrogen) atoms. The molecule has 3 rings (SSSR count). The number of hydrogen-bond acceptors (Lipinski definition) is 3. The van der Waals surface area contributed by atoms with Gasteiger partial charge in [-0.25, -0.2) is 0 Å². The molecule has 5 heteroatoms. The lowest BCUT2D eigenvalue weighted by Gasteiger charge is -2.32. The molecular formula is C21H25N3O2. The molecule has 2 heterocycles. The van der Waals surface area contributed by atoms with Crippen molar-refractivity contribution >= 4 is 11.8 Å². The number of benzene rings is 1. The second kappa shape index (κ2) is 8.13. The fourth-order valence-electron chi connectivity index (χ4n) is 3.18. The highest BCUT2D eigenvalue weighted by molar-refractivity contribution is 5.94. The van der Waals surface area contributed by atoms with Crippen molar-refractivity contribution in [2.75, 3.05) is 13.1 Å². The predicted octanol–water partition coefficient (Wildman–Crippen LogP) is 3.24. The maximum absolute atomic E-state index is 12.7. The van der Waals surface area contributed by atoms with E-state index in [4.69, 9.17) is 0 Å². The fraction of sp³-hybridized carbons (Fsp3) is 0.381. The van der Waals surface area contributed by atoms with Gasteiger partial charge < -0.3 is 10.2 Å². The molecule has 1 aromatic carbocycles. The Morgan fingerprint density at radius 3 is 2.35 bits per heavy atom. The zero-order valence-electron chi connectivity index (χ0n) is 15.3. The Hall–Kier alpha value is -2.69.